The van der Waals surface area contributed by atoms with Gasteiger partial charge < -0.3 is 5.73 Å². The van der Waals surface area contributed by atoms with Crippen LogP contribution in [-0.4, -0.2) is 14.8 Å². The zero-order valence-corrected chi connectivity index (χ0v) is 10.4. The summed E-state index contributed by atoms with van der Waals surface area (Å²) < 4.78 is 14.8. The monoisotopic (exact) mass is 252 g/mol. The van der Waals surface area contributed by atoms with Crippen LogP contribution in [0.2, 0.25) is 0 Å². The summed E-state index contributed by atoms with van der Waals surface area (Å²) in [5.74, 6) is -0.278. The number of rotatable bonds is 3. The summed E-state index contributed by atoms with van der Waals surface area (Å²) in [5, 5.41) is 4.73. The number of benzene rings is 1. The van der Waals surface area contributed by atoms with Crippen molar-refractivity contribution in [2.75, 3.05) is 0 Å². The van der Waals surface area contributed by atoms with Crippen LogP contribution in [-0.2, 0) is 7.05 Å². The molecule has 0 saturated heterocycles. The number of aryl methyl sites for hydroxylation is 1. The van der Waals surface area contributed by atoms with Crippen LogP contribution >= 0.6 is 11.8 Å². The van der Waals surface area contributed by atoms with E-state index < -0.39 is 0 Å². The van der Waals surface area contributed by atoms with Gasteiger partial charge in [0.15, 0.2) is 5.16 Å². The van der Waals surface area contributed by atoms with Crippen LogP contribution in [0.5, 0.6) is 0 Å². The normalized spacial score (nSPS) is 12.7. The van der Waals surface area contributed by atoms with Crippen molar-refractivity contribution in [1.29, 1.82) is 0 Å². The van der Waals surface area contributed by atoms with Gasteiger partial charge in [-0.3, -0.25) is 0 Å². The lowest BCUT2D eigenvalue weighted by atomic mass is 10.1. The van der Waals surface area contributed by atoms with Gasteiger partial charge >= 0.3 is 0 Å². The number of hydrogen-bond acceptors (Lipinski definition) is 4. The molecule has 4 nitrogen and oxygen atoms in total. The van der Waals surface area contributed by atoms with Gasteiger partial charge in [0.1, 0.15) is 12.1 Å². The van der Waals surface area contributed by atoms with Crippen LogP contribution in [0.4, 0.5) is 4.39 Å². The highest BCUT2D eigenvalue weighted by atomic mass is 32.2. The van der Waals surface area contributed by atoms with Crippen molar-refractivity contribution in [2.45, 2.75) is 23.0 Å². The van der Waals surface area contributed by atoms with Crippen molar-refractivity contribution in [2.24, 2.45) is 12.8 Å². The molecular weight excluding hydrogens is 239 g/mol. The minimum atomic E-state index is -0.278. The Morgan fingerprint density at radius 3 is 2.82 bits per heavy atom. The summed E-state index contributed by atoms with van der Waals surface area (Å²) in [6.07, 6.45) is 1.48. The summed E-state index contributed by atoms with van der Waals surface area (Å²) in [6.45, 7) is 1.83. The van der Waals surface area contributed by atoms with Gasteiger partial charge in [-0.2, -0.15) is 5.10 Å². The first kappa shape index (κ1) is 12.1. The van der Waals surface area contributed by atoms with E-state index >= 15 is 0 Å². The number of aromatic nitrogens is 3. The van der Waals surface area contributed by atoms with Crippen LogP contribution in [0.3, 0.4) is 0 Å². The minimum Gasteiger partial charge on any atom is -0.324 e. The molecule has 17 heavy (non-hydrogen) atoms. The van der Waals surface area contributed by atoms with Gasteiger partial charge in [0.25, 0.3) is 0 Å². The molecule has 0 bridgehead atoms. The van der Waals surface area contributed by atoms with Gasteiger partial charge in [-0.05, 0) is 42.4 Å². The summed E-state index contributed by atoms with van der Waals surface area (Å²) in [6, 6.07) is 4.38. The molecule has 0 fully saturated rings. The molecule has 2 rings (SSSR count). The lowest BCUT2D eigenvalue weighted by Gasteiger charge is -2.11. The van der Waals surface area contributed by atoms with E-state index in [9.17, 15) is 4.39 Å². The van der Waals surface area contributed by atoms with Crippen molar-refractivity contribution in [1.82, 2.24) is 14.8 Å². The molecule has 1 atom stereocenters. The molecule has 0 unspecified atom stereocenters. The summed E-state index contributed by atoms with van der Waals surface area (Å²) in [4.78, 5) is 5.01. The first-order valence-electron chi connectivity index (χ1n) is 5.15. The Bertz CT molecular complexity index is 524. The third kappa shape index (κ3) is 2.65. The number of hydrogen-bond donors (Lipinski definition) is 1. The van der Waals surface area contributed by atoms with Gasteiger partial charge in [-0.25, -0.2) is 14.1 Å². The highest BCUT2D eigenvalue weighted by Crippen LogP contribution is 2.31. The maximum Gasteiger partial charge on any atom is 0.190 e. The predicted molar refractivity (Wildman–Crippen MR) is 64.1 cm³/mol. The molecule has 1 aromatic heterocycles. The molecule has 0 aliphatic rings. The first-order chi connectivity index (χ1) is 8.08. The Balaban J connectivity index is 2.36. The van der Waals surface area contributed by atoms with E-state index in [0.29, 0.717) is 0 Å². The van der Waals surface area contributed by atoms with Crippen LogP contribution in [0.25, 0.3) is 0 Å². The number of halogens is 1. The Morgan fingerprint density at radius 1 is 1.47 bits per heavy atom. The molecule has 0 spiro atoms. The maximum atomic E-state index is 13.2. The fourth-order valence-corrected chi connectivity index (χ4v) is 2.42. The molecular formula is C11H13FN4S. The van der Waals surface area contributed by atoms with Gasteiger partial charge in [-0.15, -0.1) is 0 Å². The molecule has 0 amide bonds. The van der Waals surface area contributed by atoms with E-state index in [1.165, 1.54) is 30.2 Å². The Morgan fingerprint density at radius 2 is 2.24 bits per heavy atom. The summed E-state index contributed by atoms with van der Waals surface area (Å²) in [7, 11) is 1.81. The second-order valence-corrected chi connectivity index (χ2v) is 4.75. The lowest BCUT2D eigenvalue weighted by Crippen LogP contribution is -2.07. The van der Waals surface area contributed by atoms with Crippen molar-refractivity contribution in [3.05, 3.63) is 35.9 Å². The third-order valence-electron chi connectivity index (χ3n) is 2.33. The van der Waals surface area contributed by atoms with Gasteiger partial charge in [-0.1, -0.05) is 0 Å². The molecule has 1 heterocycles. The van der Waals surface area contributed by atoms with Crippen LogP contribution in [0.15, 0.2) is 34.6 Å². The highest BCUT2D eigenvalue weighted by molar-refractivity contribution is 7.99. The average molecular weight is 252 g/mol. The molecule has 1 aromatic carbocycles. The minimum absolute atomic E-state index is 0.221. The smallest absolute Gasteiger partial charge is 0.190 e. The topological polar surface area (TPSA) is 56.7 Å². The molecule has 0 radical (unpaired) electrons. The molecule has 0 aliphatic carbocycles. The van der Waals surface area contributed by atoms with E-state index in [-0.39, 0.29) is 11.9 Å². The standard InChI is InChI=1S/C11H13FN4S/c1-7(13)9-5-8(12)3-4-10(9)17-11-14-6-15-16(11)2/h3-7H,13H2,1-2H3/t7-/m0/s1. The average Bonchev–Trinajstić information content (AvgIpc) is 2.67. The van der Waals surface area contributed by atoms with E-state index in [1.54, 1.807) is 10.7 Å². The van der Waals surface area contributed by atoms with Gasteiger partial charge in [0, 0.05) is 18.0 Å². The van der Waals surface area contributed by atoms with Crippen molar-refractivity contribution < 1.29 is 4.39 Å². The Labute approximate surface area is 103 Å². The zero-order valence-electron chi connectivity index (χ0n) is 9.59. The molecule has 0 saturated carbocycles. The highest BCUT2D eigenvalue weighted by Gasteiger charge is 2.12. The van der Waals surface area contributed by atoms with E-state index in [1.807, 2.05) is 14.0 Å². The molecule has 6 heteroatoms. The van der Waals surface area contributed by atoms with Crippen molar-refractivity contribution >= 4 is 11.8 Å². The summed E-state index contributed by atoms with van der Waals surface area (Å²) in [5.41, 5.74) is 6.60. The number of nitrogens with zero attached hydrogens (tertiary/aromatic N) is 3. The van der Waals surface area contributed by atoms with Gasteiger partial charge in [0.05, 0.1) is 0 Å². The van der Waals surface area contributed by atoms with Crippen LogP contribution < -0.4 is 5.73 Å². The zero-order chi connectivity index (χ0) is 12.4. The fourth-order valence-electron chi connectivity index (χ4n) is 1.44. The maximum absolute atomic E-state index is 13.2. The molecule has 2 aromatic rings. The molecule has 2 N–H and O–H groups in total. The largest absolute Gasteiger partial charge is 0.324 e. The lowest BCUT2D eigenvalue weighted by molar-refractivity contribution is 0.619. The van der Waals surface area contributed by atoms with Crippen molar-refractivity contribution in [3.8, 4) is 0 Å². The molecule has 0 aliphatic heterocycles. The third-order valence-corrected chi connectivity index (χ3v) is 3.48. The quantitative estimate of drug-likeness (QED) is 0.909. The van der Waals surface area contributed by atoms with Crippen LogP contribution in [0.1, 0.15) is 18.5 Å². The first-order valence-corrected chi connectivity index (χ1v) is 5.96. The second kappa shape index (κ2) is 4.85. The Kier molecular flexibility index (Phi) is 3.44. The summed E-state index contributed by atoms with van der Waals surface area (Å²) >= 11 is 1.43. The SMILES string of the molecule is C[C@H](N)c1cc(F)ccc1Sc1ncnn1C. The van der Waals surface area contributed by atoms with Crippen LogP contribution in [0, 0.1) is 5.82 Å². The van der Waals surface area contributed by atoms with Gasteiger partial charge in [0.2, 0.25) is 0 Å². The Hall–Kier alpha value is -1.40. The molecule has 90 valence electrons. The predicted octanol–water partition coefficient (Wildman–Crippen LogP) is 2.13. The van der Waals surface area contributed by atoms with E-state index in [2.05, 4.69) is 10.1 Å². The second-order valence-electron chi connectivity index (χ2n) is 3.74. The van der Waals surface area contributed by atoms with E-state index in [4.69, 9.17) is 5.73 Å². The fraction of sp³-hybridized carbons (Fsp3) is 0.273. The number of nitrogens with two attached hydrogens (primary N) is 1. The van der Waals surface area contributed by atoms with E-state index in [0.717, 1.165) is 15.6 Å². The van der Waals surface area contributed by atoms with Crippen molar-refractivity contribution in [3.63, 3.8) is 0 Å².